The first kappa shape index (κ1) is 18.5. The molecule has 3 heteroatoms. The Morgan fingerprint density at radius 2 is 1.07 bits per heavy atom. The van der Waals surface area contributed by atoms with E-state index >= 15 is 0 Å². The number of carbonyl (C=O) groups is 1. The van der Waals surface area contributed by atoms with Gasteiger partial charge in [-0.25, -0.2) is 4.79 Å². The van der Waals surface area contributed by atoms with Crippen LogP contribution in [0.3, 0.4) is 0 Å². The van der Waals surface area contributed by atoms with Crippen LogP contribution < -0.4 is 9.47 Å². The number of carbonyl (C=O) groups excluding carboxylic acids is 1. The van der Waals surface area contributed by atoms with Gasteiger partial charge in [0.05, 0.1) is 5.56 Å². The van der Waals surface area contributed by atoms with Crippen molar-refractivity contribution in [2.24, 2.45) is 0 Å². The summed E-state index contributed by atoms with van der Waals surface area (Å²) in [4.78, 5) is 12.1. The third kappa shape index (κ3) is 4.71. The maximum Gasteiger partial charge on any atom is 0.343 e. The SMILES string of the molecule is Cc1ccc(Oc2ccc(-c3ccc(OC(=O)c4ccccc4)cc3)cc2)cc1. The van der Waals surface area contributed by atoms with Crippen LogP contribution in [0, 0.1) is 6.92 Å². The van der Waals surface area contributed by atoms with Crippen LogP contribution in [0.4, 0.5) is 0 Å². The van der Waals surface area contributed by atoms with Crippen LogP contribution >= 0.6 is 0 Å². The van der Waals surface area contributed by atoms with Gasteiger partial charge in [-0.2, -0.15) is 0 Å². The van der Waals surface area contributed by atoms with E-state index in [-0.39, 0.29) is 5.97 Å². The molecule has 0 spiro atoms. The normalized spacial score (nSPS) is 10.4. The molecule has 0 atom stereocenters. The predicted octanol–water partition coefficient (Wildman–Crippen LogP) is 6.67. The van der Waals surface area contributed by atoms with Crippen LogP contribution in [-0.2, 0) is 0 Å². The first-order chi connectivity index (χ1) is 14.2. The van der Waals surface area contributed by atoms with Gasteiger partial charge >= 0.3 is 5.97 Å². The third-order valence-corrected chi connectivity index (χ3v) is 4.52. The number of hydrogen-bond acceptors (Lipinski definition) is 3. The highest BCUT2D eigenvalue weighted by Crippen LogP contribution is 2.27. The van der Waals surface area contributed by atoms with E-state index < -0.39 is 0 Å². The average molecular weight is 380 g/mol. The van der Waals surface area contributed by atoms with E-state index in [4.69, 9.17) is 9.47 Å². The van der Waals surface area contributed by atoms with Crippen molar-refractivity contribution in [3.63, 3.8) is 0 Å². The maximum atomic E-state index is 12.1. The summed E-state index contributed by atoms with van der Waals surface area (Å²) in [7, 11) is 0. The van der Waals surface area contributed by atoms with Gasteiger partial charge in [0.2, 0.25) is 0 Å². The van der Waals surface area contributed by atoms with Gasteiger partial charge in [0, 0.05) is 0 Å². The van der Waals surface area contributed by atoms with Gasteiger partial charge in [0.25, 0.3) is 0 Å². The van der Waals surface area contributed by atoms with Crippen LogP contribution in [0.1, 0.15) is 15.9 Å². The molecule has 0 aromatic heterocycles. The summed E-state index contributed by atoms with van der Waals surface area (Å²) in [6.07, 6.45) is 0. The minimum atomic E-state index is -0.365. The van der Waals surface area contributed by atoms with Crippen LogP contribution in [0.25, 0.3) is 11.1 Å². The number of hydrogen-bond donors (Lipinski definition) is 0. The van der Waals surface area contributed by atoms with Gasteiger partial charge in [-0.3, -0.25) is 0 Å². The van der Waals surface area contributed by atoms with Gasteiger partial charge in [-0.1, -0.05) is 60.2 Å². The quantitative estimate of drug-likeness (QED) is 0.286. The molecule has 4 rings (SSSR count). The summed E-state index contributed by atoms with van der Waals surface area (Å²) < 4.78 is 11.3. The van der Waals surface area contributed by atoms with E-state index in [9.17, 15) is 4.79 Å². The van der Waals surface area contributed by atoms with Crippen molar-refractivity contribution in [1.29, 1.82) is 0 Å². The van der Waals surface area contributed by atoms with E-state index in [1.165, 1.54) is 5.56 Å². The highest BCUT2D eigenvalue weighted by molar-refractivity contribution is 5.91. The summed E-state index contributed by atoms with van der Waals surface area (Å²) in [5.74, 6) is 1.75. The Kier molecular flexibility index (Phi) is 5.39. The Labute approximate surface area is 170 Å². The number of rotatable bonds is 5. The summed E-state index contributed by atoms with van der Waals surface area (Å²) in [5, 5.41) is 0. The van der Waals surface area contributed by atoms with Crippen molar-refractivity contribution in [2.45, 2.75) is 6.92 Å². The van der Waals surface area contributed by atoms with Crippen LogP contribution in [0.15, 0.2) is 103 Å². The second-order valence-corrected chi connectivity index (χ2v) is 6.72. The number of benzene rings is 4. The zero-order valence-corrected chi connectivity index (χ0v) is 16.0. The van der Waals surface area contributed by atoms with Crippen molar-refractivity contribution >= 4 is 5.97 Å². The zero-order chi connectivity index (χ0) is 20.1. The Bertz CT molecular complexity index is 1080. The maximum absolute atomic E-state index is 12.1. The molecule has 4 aromatic carbocycles. The Balaban J connectivity index is 1.42. The second-order valence-electron chi connectivity index (χ2n) is 6.72. The molecule has 29 heavy (non-hydrogen) atoms. The summed E-state index contributed by atoms with van der Waals surface area (Å²) in [5.41, 5.74) is 3.82. The van der Waals surface area contributed by atoms with Crippen molar-refractivity contribution < 1.29 is 14.3 Å². The molecule has 4 aromatic rings. The third-order valence-electron chi connectivity index (χ3n) is 4.52. The highest BCUT2D eigenvalue weighted by Gasteiger charge is 2.08. The average Bonchev–Trinajstić information content (AvgIpc) is 2.77. The zero-order valence-electron chi connectivity index (χ0n) is 16.0. The van der Waals surface area contributed by atoms with E-state index in [1.54, 1.807) is 24.3 Å². The molecular weight excluding hydrogens is 360 g/mol. The fraction of sp³-hybridized carbons (Fsp3) is 0.0385. The molecule has 0 bridgehead atoms. The molecule has 3 nitrogen and oxygen atoms in total. The van der Waals surface area contributed by atoms with Gasteiger partial charge in [0.1, 0.15) is 17.2 Å². The topological polar surface area (TPSA) is 35.5 Å². The first-order valence-corrected chi connectivity index (χ1v) is 9.40. The van der Waals surface area contributed by atoms with Crippen molar-refractivity contribution in [3.8, 4) is 28.4 Å². The predicted molar refractivity (Wildman–Crippen MR) is 115 cm³/mol. The lowest BCUT2D eigenvalue weighted by Crippen LogP contribution is -2.07. The van der Waals surface area contributed by atoms with Gasteiger partial charge < -0.3 is 9.47 Å². The first-order valence-electron chi connectivity index (χ1n) is 9.40. The fourth-order valence-electron chi connectivity index (χ4n) is 2.91. The summed E-state index contributed by atoms with van der Waals surface area (Å²) in [6, 6.07) is 32.3. The lowest BCUT2D eigenvalue weighted by Gasteiger charge is -2.08. The molecule has 142 valence electrons. The van der Waals surface area contributed by atoms with Gasteiger partial charge in [-0.05, 0) is 66.6 Å². The standard InChI is InChI=1S/C26H20O3/c1-19-7-13-23(14-8-19)28-24-15-9-20(10-16-24)21-11-17-25(18-12-21)29-26(27)22-5-3-2-4-6-22/h2-18H,1H3. The molecule has 0 heterocycles. The largest absolute Gasteiger partial charge is 0.457 e. The van der Waals surface area contributed by atoms with E-state index in [1.807, 2.05) is 85.8 Å². The Morgan fingerprint density at radius 1 is 0.586 bits per heavy atom. The summed E-state index contributed by atoms with van der Waals surface area (Å²) >= 11 is 0. The monoisotopic (exact) mass is 380 g/mol. The minimum absolute atomic E-state index is 0.365. The molecule has 0 saturated carbocycles. The van der Waals surface area contributed by atoms with Crippen LogP contribution in [0.5, 0.6) is 17.2 Å². The Morgan fingerprint density at radius 3 is 1.62 bits per heavy atom. The molecule has 0 amide bonds. The van der Waals surface area contributed by atoms with Crippen molar-refractivity contribution in [3.05, 3.63) is 114 Å². The highest BCUT2D eigenvalue weighted by atomic mass is 16.5. The Hall–Kier alpha value is -3.85. The molecule has 0 unspecified atom stereocenters. The van der Waals surface area contributed by atoms with E-state index in [0.717, 1.165) is 22.6 Å². The van der Waals surface area contributed by atoms with E-state index in [2.05, 4.69) is 0 Å². The smallest absolute Gasteiger partial charge is 0.343 e. The molecular formula is C26H20O3. The number of aryl methyl sites for hydroxylation is 1. The molecule has 0 radical (unpaired) electrons. The second kappa shape index (κ2) is 8.44. The number of ether oxygens (including phenoxy) is 2. The summed E-state index contributed by atoms with van der Waals surface area (Å²) in [6.45, 7) is 2.05. The molecule has 0 aliphatic heterocycles. The molecule has 0 aliphatic rings. The van der Waals surface area contributed by atoms with Crippen molar-refractivity contribution in [1.82, 2.24) is 0 Å². The lowest BCUT2D eigenvalue weighted by molar-refractivity contribution is 0.0735. The van der Waals surface area contributed by atoms with Gasteiger partial charge in [-0.15, -0.1) is 0 Å². The minimum Gasteiger partial charge on any atom is -0.457 e. The molecule has 0 saturated heterocycles. The van der Waals surface area contributed by atoms with Gasteiger partial charge in [0.15, 0.2) is 0 Å². The van der Waals surface area contributed by atoms with Crippen molar-refractivity contribution in [2.75, 3.05) is 0 Å². The molecule has 0 aliphatic carbocycles. The van der Waals surface area contributed by atoms with Crippen LogP contribution in [0.2, 0.25) is 0 Å². The van der Waals surface area contributed by atoms with E-state index in [0.29, 0.717) is 11.3 Å². The fourth-order valence-corrected chi connectivity index (χ4v) is 2.91. The molecule has 0 N–H and O–H groups in total. The number of esters is 1. The molecule has 0 fully saturated rings. The lowest BCUT2D eigenvalue weighted by atomic mass is 10.1. The van der Waals surface area contributed by atoms with Crippen LogP contribution in [-0.4, -0.2) is 5.97 Å².